The summed E-state index contributed by atoms with van der Waals surface area (Å²) >= 11 is 0. The van der Waals surface area contributed by atoms with E-state index in [4.69, 9.17) is 14.2 Å². The smallest absolute Gasteiger partial charge is 0.369 e. The summed E-state index contributed by atoms with van der Waals surface area (Å²) in [5, 5.41) is 0. The first-order valence-corrected chi connectivity index (χ1v) is 9.29. The Morgan fingerprint density at radius 3 is 2.12 bits per heavy atom. The van der Waals surface area contributed by atoms with Gasteiger partial charge in [-0.15, -0.1) is 0 Å². The van der Waals surface area contributed by atoms with Gasteiger partial charge in [0.15, 0.2) is 5.79 Å². The third-order valence-electron chi connectivity index (χ3n) is 4.32. The molecule has 0 unspecified atom stereocenters. The third-order valence-corrected chi connectivity index (χ3v) is 5.34. The Labute approximate surface area is 139 Å². The highest BCUT2D eigenvalue weighted by molar-refractivity contribution is 7.87. The van der Waals surface area contributed by atoms with Gasteiger partial charge >= 0.3 is 15.6 Å². The molecular weight excluding hydrogens is 353 g/mol. The summed E-state index contributed by atoms with van der Waals surface area (Å²) < 4.78 is 81.1. The molecule has 0 N–H and O–H groups in total. The molecule has 5 atom stereocenters. The van der Waals surface area contributed by atoms with Crippen molar-refractivity contribution in [1.82, 2.24) is 0 Å². The van der Waals surface area contributed by atoms with Crippen LogP contribution in [0.2, 0.25) is 0 Å². The van der Waals surface area contributed by atoms with Crippen molar-refractivity contribution in [3.8, 4) is 0 Å². The van der Waals surface area contributed by atoms with Crippen LogP contribution < -0.4 is 0 Å². The van der Waals surface area contributed by atoms with Crippen molar-refractivity contribution >= 4 is 10.1 Å². The molecular formula is C14H23F3O6S. The first-order chi connectivity index (χ1) is 10.9. The standard InChI is InChI=1S/C14H23F3O6S/c1-5-8-9(6-2)21-10(7-20-24(18,19)14(15,16)17)12-11(8)22-13(3,4)23-12/h8-12H,5-7H2,1-4H3/t8-,9+,10+,11+,12-/m0/s1. The van der Waals surface area contributed by atoms with E-state index in [1.165, 1.54) is 0 Å². The molecule has 0 aromatic rings. The molecule has 0 bridgehead atoms. The maximum atomic E-state index is 12.4. The van der Waals surface area contributed by atoms with Crippen LogP contribution >= 0.6 is 0 Å². The quantitative estimate of drug-likeness (QED) is 0.543. The molecule has 0 amide bonds. The fourth-order valence-electron chi connectivity index (χ4n) is 3.30. The van der Waals surface area contributed by atoms with Crippen LogP contribution in [0.25, 0.3) is 0 Å². The van der Waals surface area contributed by atoms with Gasteiger partial charge in [0, 0.05) is 5.92 Å². The highest BCUT2D eigenvalue weighted by Crippen LogP contribution is 2.42. The number of fused-ring (bicyclic) bond motifs is 1. The lowest BCUT2D eigenvalue weighted by molar-refractivity contribution is -0.175. The Balaban J connectivity index is 2.17. The first kappa shape index (κ1) is 19.9. The second-order valence-corrected chi connectivity index (χ2v) is 8.05. The van der Waals surface area contributed by atoms with Gasteiger partial charge in [0.25, 0.3) is 0 Å². The van der Waals surface area contributed by atoms with E-state index >= 15 is 0 Å². The number of hydrogen-bond acceptors (Lipinski definition) is 6. The minimum atomic E-state index is -5.67. The summed E-state index contributed by atoms with van der Waals surface area (Å²) in [6.45, 7) is 6.48. The first-order valence-electron chi connectivity index (χ1n) is 7.88. The molecule has 6 nitrogen and oxygen atoms in total. The zero-order chi connectivity index (χ0) is 18.3. The average molecular weight is 376 g/mol. The van der Waals surface area contributed by atoms with Gasteiger partial charge in [0.1, 0.15) is 12.2 Å². The molecule has 0 aliphatic carbocycles. The molecule has 142 valence electrons. The van der Waals surface area contributed by atoms with Gasteiger partial charge in [-0.05, 0) is 26.7 Å². The van der Waals surface area contributed by atoms with Gasteiger partial charge in [-0.1, -0.05) is 13.8 Å². The second-order valence-electron chi connectivity index (χ2n) is 6.44. The van der Waals surface area contributed by atoms with Gasteiger partial charge in [-0.3, -0.25) is 4.18 Å². The van der Waals surface area contributed by atoms with E-state index in [-0.39, 0.29) is 18.1 Å². The summed E-state index contributed by atoms with van der Waals surface area (Å²) in [5.74, 6) is -0.909. The molecule has 2 saturated heterocycles. The fourth-order valence-corrected chi connectivity index (χ4v) is 3.75. The number of halogens is 3. The molecule has 0 aromatic carbocycles. The molecule has 0 radical (unpaired) electrons. The Bertz CT molecular complexity index is 547. The minimum Gasteiger partial charge on any atom is -0.369 e. The number of hydrogen-bond donors (Lipinski definition) is 0. The van der Waals surface area contributed by atoms with Gasteiger partial charge < -0.3 is 14.2 Å². The Morgan fingerprint density at radius 1 is 1.04 bits per heavy atom. The lowest BCUT2D eigenvalue weighted by atomic mass is 9.84. The van der Waals surface area contributed by atoms with Crippen LogP contribution in [-0.4, -0.2) is 50.7 Å². The van der Waals surface area contributed by atoms with E-state index < -0.39 is 40.2 Å². The van der Waals surface area contributed by atoms with E-state index in [2.05, 4.69) is 4.18 Å². The summed E-state index contributed by atoms with van der Waals surface area (Å²) in [5.41, 5.74) is -5.47. The Hall–Kier alpha value is -0.420. The number of ether oxygens (including phenoxy) is 3. The topological polar surface area (TPSA) is 71.1 Å². The SMILES string of the molecule is CC[C@@H]1[C@H]2OC(C)(C)O[C@H]2[C@@H](COS(=O)(=O)C(F)(F)F)O[C@@H]1CC. The molecule has 10 heteroatoms. The predicted molar refractivity (Wildman–Crippen MR) is 77.5 cm³/mol. The molecule has 0 spiro atoms. The van der Waals surface area contributed by atoms with E-state index in [0.29, 0.717) is 6.42 Å². The van der Waals surface area contributed by atoms with Crippen LogP contribution in [0.1, 0.15) is 40.5 Å². The van der Waals surface area contributed by atoms with Crippen LogP contribution in [0.15, 0.2) is 0 Å². The summed E-state index contributed by atoms with van der Waals surface area (Å²) in [4.78, 5) is 0. The summed E-state index contributed by atoms with van der Waals surface area (Å²) in [7, 11) is -5.67. The molecule has 2 fully saturated rings. The zero-order valence-corrected chi connectivity index (χ0v) is 14.8. The van der Waals surface area contributed by atoms with E-state index in [9.17, 15) is 21.6 Å². The second kappa shape index (κ2) is 6.71. The van der Waals surface area contributed by atoms with Crippen molar-refractivity contribution in [1.29, 1.82) is 0 Å². The lowest BCUT2D eigenvalue weighted by Gasteiger charge is -2.42. The number of alkyl halides is 3. The molecule has 0 aromatic heterocycles. The minimum absolute atomic E-state index is 0.0113. The van der Waals surface area contributed by atoms with Crippen molar-refractivity contribution in [3.63, 3.8) is 0 Å². The molecule has 2 heterocycles. The van der Waals surface area contributed by atoms with Crippen LogP contribution in [0.3, 0.4) is 0 Å². The van der Waals surface area contributed by atoms with Gasteiger partial charge in [-0.2, -0.15) is 21.6 Å². The average Bonchev–Trinajstić information content (AvgIpc) is 2.77. The molecule has 2 aliphatic heterocycles. The Kier molecular flexibility index (Phi) is 5.57. The zero-order valence-electron chi connectivity index (χ0n) is 14.0. The maximum Gasteiger partial charge on any atom is 0.523 e. The van der Waals surface area contributed by atoms with E-state index in [1.807, 2.05) is 13.8 Å². The molecule has 24 heavy (non-hydrogen) atoms. The van der Waals surface area contributed by atoms with Crippen molar-refractivity contribution in [3.05, 3.63) is 0 Å². The largest absolute Gasteiger partial charge is 0.523 e. The predicted octanol–water partition coefficient (Wildman–Crippen LogP) is 2.58. The van der Waals surface area contributed by atoms with Crippen LogP contribution in [-0.2, 0) is 28.5 Å². The van der Waals surface area contributed by atoms with Gasteiger partial charge in [0.2, 0.25) is 0 Å². The lowest BCUT2D eigenvalue weighted by Crippen LogP contribution is -2.54. The van der Waals surface area contributed by atoms with Gasteiger partial charge in [0.05, 0.1) is 18.8 Å². The normalized spacial score (nSPS) is 36.5. The molecule has 0 saturated carbocycles. The highest BCUT2D eigenvalue weighted by atomic mass is 32.2. The Morgan fingerprint density at radius 2 is 1.62 bits per heavy atom. The highest BCUT2D eigenvalue weighted by Gasteiger charge is 2.55. The van der Waals surface area contributed by atoms with Crippen LogP contribution in [0, 0.1) is 5.92 Å². The van der Waals surface area contributed by atoms with Crippen molar-refractivity contribution in [2.75, 3.05) is 6.61 Å². The van der Waals surface area contributed by atoms with Crippen molar-refractivity contribution < 1.29 is 40.0 Å². The third kappa shape index (κ3) is 3.87. The maximum absolute atomic E-state index is 12.4. The van der Waals surface area contributed by atoms with Crippen LogP contribution in [0.5, 0.6) is 0 Å². The molecule has 2 rings (SSSR count). The van der Waals surface area contributed by atoms with Gasteiger partial charge in [-0.25, -0.2) is 0 Å². The number of rotatable bonds is 5. The monoisotopic (exact) mass is 376 g/mol. The van der Waals surface area contributed by atoms with E-state index in [1.54, 1.807) is 13.8 Å². The molecule has 2 aliphatic rings. The summed E-state index contributed by atoms with van der Waals surface area (Å²) in [6.07, 6.45) is -0.929. The summed E-state index contributed by atoms with van der Waals surface area (Å²) in [6, 6.07) is 0. The van der Waals surface area contributed by atoms with Crippen molar-refractivity contribution in [2.24, 2.45) is 5.92 Å². The van der Waals surface area contributed by atoms with E-state index in [0.717, 1.165) is 6.42 Å². The van der Waals surface area contributed by atoms with Crippen molar-refractivity contribution in [2.45, 2.75) is 76.2 Å². The van der Waals surface area contributed by atoms with Crippen LogP contribution in [0.4, 0.5) is 13.2 Å². The fraction of sp³-hybridized carbons (Fsp3) is 1.00.